The van der Waals surface area contributed by atoms with Gasteiger partial charge in [-0.1, -0.05) is 61.9 Å². The highest BCUT2D eigenvalue weighted by atomic mass is 16.7. The molecule has 16 heteroatoms. The van der Waals surface area contributed by atoms with Gasteiger partial charge >= 0.3 is 0 Å². The zero-order chi connectivity index (χ0) is 45.9. The molecule has 6 aliphatic rings. The largest absolute Gasteiger partial charge is 0.393 e. The topological polar surface area (TPSA) is 244 Å². The number of rotatable bonds is 13. The molecule has 2 heterocycles. The van der Waals surface area contributed by atoms with E-state index in [1.165, 1.54) is 13.8 Å². The van der Waals surface area contributed by atoms with E-state index in [0.717, 1.165) is 33.8 Å². The Morgan fingerprint density at radius 3 is 2.34 bits per heavy atom. The van der Waals surface area contributed by atoms with Crippen LogP contribution in [0.15, 0.2) is 84.5 Å². The summed E-state index contributed by atoms with van der Waals surface area (Å²) in [5.41, 5.74) is 7.36. The fourth-order valence-corrected chi connectivity index (χ4v) is 11.7. The van der Waals surface area contributed by atoms with E-state index in [0.29, 0.717) is 36.9 Å². The number of ether oxygens (including phenoxy) is 2. The first kappa shape index (κ1) is 44.9. The summed E-state index contributed by atoms with van der Waals surface area (Å²) in [7, 11) is 0. The first-order valence-electron chi connectivity index (χ1n) is 21.8. The number of imide groups is 1. The van der Waals surface area contributed by atoms with E-state index in [9.17, 15) is 43.8 Å². The average molecular weight is 878 g/mol. The molecule has 3 saturated carbocycles. The number of aliphatic hydroxyl groups excluding tert-OH is 2. The number of benzene rings is 2. The predicted molar refractivity (Wildman–Crippen MR) is 230 cm³/mol. The SMILES string of the molecule is CC(NC(=O)[C@@H](C)NC(=O)CCN1C(=O)C=CC1=O)C(=O)Nc1cccc(Cc2ccc([C@@H]3O[C@@H]4C[C@@H]5C(C)(C[C@H](O)[C@H]6[C@@]5(N)CCC5=CC(=O)C=C[C@@]56C)[C@]4(C(=O)CO)O3)cc2)c1. The summed E-state index contributed by atoms with van der Waals surface area (Å²) < 4.78 is 13.4. The number of nitrogens with zero attached hydrogens (tertiary/aromatic N) is 1. The van der Waals surface area contributed by atoms with Crippen molar-refractivity contribution >= 4 is 46.8 Å². The third-order valence-corrected chi connectivity index (χ3v) is 14.8. The van der Waals surface area contributed by atoms with E-state index in [1.54, 1.807) is 24.3 Å². The number of ketones is 2. The Kier molecular flexibility index (Phi) is 11.7. The van der Waals surface area contributed by atoms with Crippen LogP contribution in [0.25, 0.3) is 0 Å². The molecule has 2 unspecified atom stereocenters. The third-order valence-electron chi connectivity index (χ3n) is 14.8. The molecule has 64 heavy (non-hydrogen) atoms. The molecular weight excluding hydrogens is 823 g/mol. The minimum atomic E-state index is -1.55. The van der Waals surface area contributed by atoms with Crippen molar-refractivity contribution in [3.05, 3.63) is 101 Å². The number of fused-ring (bicyclic) bond motifs is 7. The lowest BCUT2D eigenvalue weighted by Gasteiger charge is -2.64. The van der Waals surface area contributed by atoms with E-state index in [2.05, 4.69) is 16.0 Å². The van der Waals surface area contributed by atoms with Gasteiger partial charge in [0.1, 0.15) is 18.7 Å². The molecule has 2 aromatic carbocycles. The number of hydrogen-bond acceptors (Lipinski definition) is 12. The van der Waals surface area contributed by atoms with Crippen LogP contribution in [0.5, 0.6) is 0 Å². The maximum absolute atomic E-state index is 14.0. The first-order valence-corrected chi connectivity index (χ1v) is 21.8. The van der Waals surface area contributed by atoms with Gasteiger partial charge in [0.15, 0.2) is 23.5 Å². The number of aliphatic hydroxyl groups is 2. The Hall–Kier alpha value is -5.65. The summed E-state index contributed by atoms with van der Waals surface area (Å²) in [5.74, 6) is -3.89. The molecule has 0 aromatic heterocycles. The molecule has 7 N–H and O–H groups in total. The normalized spacial score (nSPS) is 33.4. The van der Waals surface area contributed by atoms with E-state index >= 15 is 0 Å². The predicted octanol–water partition coefficient (Wildman–Crippen LogP) is 2.22. The fraction of sp³-hybridized carbons (Fsp3) is 0.479. The zero-order valence-electron chi connectivity index (χ0n) is 36.3. The number of hydrogen-bond donors (Lipinski definition) is 6. The maximum Gasteiger partial charge on any atom is 0.253 e. The van der Waals surface area contributed by atoms with Gasteiger partial charge < -0.3 is 41.4 Å². The Morgan fingerprint density at radius 2 is 1.64 bits per heavy atom. The van der Waals surface area contributed by atoms with Crippen LogP contribution in [0.3, 0.4) is 0 Å². The van der Waals surface area contributed by atoms with Gasteiger partial charge in [0, 0.05) is 58.7 Å². The molecule has 4 aliphatic carbocycles. The summed E-state index contributed by atoms with van der Waals surface area (Å²) >= 11 is 0. The maximum atomic E-state index is 14.0. The number of nitrogens with two attached hydrogens (primary N) is 1. The quantitative estimate of drug-likeness (QED) is 0.159. The van der Waals surface area contributed by atoms with E-state index < -0.39 is 100 Å². The number of allylic oxidation sites excluding steroid dienone is 4. The number of nitrogens with one attached hydrogen (secondary N) is 3. The van der Waals surface area contributed by atoms with Crippen molar-refractivity contribution in [3.8, 4) is 0 Å². The molecule has 2 aromatic rings. The van der Waals surface area contributed by atoms with E-state index in [1.807, 2.05) is 56.3 Å². The summed E-state index contributed by atoms with van der Waals surface area (Å²) in [6, 6.07) is 12.9. The second-order valence-electron chi connectivity index (χ2n) is 18.7. The Bertz CT molecular complexity index is 2380. The fourth-order valence-electron chi connectivity index (χ4n) is 11.7. The average Bonchev–Trinajstić information content (AvgIpc) is 3.88. The van der Waals surface area contributed by atoms with Crippen LogP contribution < -0.4 is 21.7 Å². The van der Waals surface area contributed by atoms with Gasteiger partial charge in [0.25, 0.3) is 11.8 Å². The Morgan fingerprint density at radius 1 is 0.938 bits per heavy atom. The molecule has 0 spiro atoms. The highest BCUT2D eigenvalue weighted by Gasteiger charge is 2.78. The van der Waals surface area contributed by atoms with Crippen molar-refractivity contribution in [1.82, 2.24) is 15.5 Å². The lowest BCUT2D eigenvalue weighted by molar-refractivity contribution is -0.205. The standard InChI is InChI=1S/C48H55N5O11/c1-26(50-38(58)16-19-53-39(59)12-13-40(53)60)42(61)51-27(2)43(62)52-32-7-5-6-29(21-32)20-28-8-10-30(11-9-28)44-63-37-23-35-46(4,48(37,64-44)36(57)25-54)24-34(56)41-45(3)17-15-33(55)22-31(45)14-18-47(35,41)49/h5-13,15,17,21-22,26-27,34-35,37,41,44,54,56H,14,16,18-20,23-25,49H2,1-4H3,(H,50,58)(H,51,61)(H,52,62)/t26-,27?,34+,35-,37-,41-,44-,45+,46?,47-,48-/m1/s1. The van der Waals surface area contributed by atoms with E-state index in [-0.39, 0.29) is 31.1 Å². The molecule has 2 aliphatic heterocycles. The lowest BCUT2D eigenvalue weighted by atomic mass is 9.43. The molecule has 16 nitrogen and oxygen atoms in total. The summed E-state index contributed by atoms with van der Waals surface area (Å²) in [4.78, 5) is 88.9. The highest BCUT2D eigenvalue weighted by molar-refractivity contribution is 6.13. The molecule has 4 fully saturated rings. The Balaban J connectivity index is 0.881. The molecule has 0 radical (unpaired) electrons. The van der Waals surface area contributed by atoms with Crippen LogP contribution in [-0.2, 0) is 49.5 Å². The monoisotopic (exact) mass is 877 g/mol. The number of Topliss-reactive ketones (excluding diaryl/α,β-unsaturated/α-hetero) is 1. The minimum absolute atomic E-state index is 0.0774. The summed E-state index contributed by atoms with van der Waals surface area (Å²) in [5, 5.41) is 30.3. The molecule has 0 bridgehead atoms. The van der Waals surface area contributed by atoms with Crippen molar-refractivity contribution in [2.24, 2.45) is 28.4 Å². The second kappa shape index (κ2) is 16.7. The van der Waals surface area contributed by atoms with Gasteiger partial charge in [0.2, 0.25) is 17.7 Å². The van der Waals surface area contributed by atoms with Crippen LogP contribution in [-0.4, -0.2) is 105 Å². The smallest absolute Gasteiger partial charge is 0.253 e. The van der Waals surface area contributed by atoms with Crippen molar-refractivity contribution in [3.63, 3.8) is 0 Å². The van der Waals surface area contributed by atoms with Crippen molar-refractivity contribution in [1.29, 1.82) is 0 Å². The van der Waals surface area contributed by atoms with Crippen molar-refractivity contribution in [2.75, 3.05) is 18.5 Å². The molecule has 338 valence electrons. The minimum Gasteiger partial charge on any atom is -0.393 e. The number of carbonyl (C=O) groups excluding carboxylic acids is 7. The molecule has 5 amide bonds. The van der Waals surface area contributed by atoms with Crippen LogP contribution >= 0.6 is 0 Å². The lowest BCUT2D eigenvalue weighted by Crippen LogP contribution is -2.72. The van der Waals surface area contributed by atoms with Gasteiger partial charge in [-0.2, -0.15) is 0 Å². The summed E-state index contributed by atoms with van der Waals surface area (Å²) in [6.45, 7) is 6.05. The summed E-state index contributed by atoms with van der Waals surface area (Å²) in [6.07, 6.45) is 6.80. The van der Waals surface area contributed by atoms with Gasteiger partial charge in [0.05, 0.1) is 12.2 Å². The van der Waals surface area contributed by atoms with Crippen LogP contribution in [0, 0.1) is 22.7 Å². The highest BCUT2D eigenvalue weighted by Crippen LogP contribution is 2.71. The van der Waals surface area contributed by atoms with Crippen LogP contribution in [0.1, 0.15) is 82.8 Å². The zero-order valence-corrected chi connectivity index (χ0v) is 36.3. The van der Waals surface area contributed by atoms with Gasteiger partial charge in [-0.05, 0) is 87.3 Å². The number of carbonyl (C=O) groups is 7. The molecule has 8 rings (SSSR count). The van der Waals surface area contributed by atoms with Crippen molar-refractivity contribution in [2.45, 2.75) is 108 Å². The Labute approximate surface area is 370 Å². The molecule has 1 saturated heterocycles. The van der Waals surface area contributed by atoms with Gasteiger partial charge in [-0.3, -0.25) is 38.5 Å². The van der Waals surface area contributed by atoms with Gasteiger partial charge in [-0.25, -0.2) is 0 Å². The van der Waals surface area contributed by atoms with Crippen LogP contribution in [0.2, 0.25) is 0 Å². The molecular formula is C48H55N5O11. The third kappa shape index (κ3) is 7.54. The second-order valence-corrected chi connectivity index (χ2v) is 18.7. The molecule has 11 atom stereocenters. The van der Waals surface area contributed by atoms with Crippen LogP contribution in [0.4, 0.5) is 5.69 Å². The first-order chi connectivity index (χ1) is 30.3. The van der Waals surface area contributed by atoms with Crippen molar-refractivity contribution < 1.29 is 53.2 Å². The number of amides is 5. The van der Waals surface area contributed by atoms with Gasteiger partial charge in [-0.15, -0.1) is 0 Å². The number of anilines is 1. The van der Waals surface area contributed by atoms with E-state index in [4.69, 9.17) is 15.2 Å².